The van der Waals surface area contributed by atoms with E-state index in [4.69, 9.17) is 0 Å². The molecule has 40 heavy (non-hydrogen) atoms. The summed E-state index contributed by atoms with van der Waals surface area (Å²) in [5, 5.41) is 18.0. The number of anilines is 1. The van der Waals surface area contributed by atoms with Crippen molar-refractivity contribution in [3.8, 4) is 11.1 Å². The summed E-state index contributed by atoms with van der Waals surface area (Å²) >= 11 is 3.30. The van der Waals surface area contributed by atoms with E-state index in [9.17, 15) is 19.5 Å². The van der Waals surface area contributed by atoms with Gasteiger partial charge in [0.15, 0.2) is 5.78 Å². The summed E-state index contributed by atoms with van der Waals surface area (Å²) in [5.74, 6) is 0.122. The van der Waals surface area contributed by atoms with Gasteiger partial charge in [0.1, 0.15) is 34.5 Å². The van der Waals surface area contributed by atoms with Gasteiger partial charge in [-0.3, -0.25) is 19.1 Å². The second-order valence-electron chi connectivity index (χ2n) is 10.4. The molecule has 1 aliphatic heterocycles. The number of pyridine rings is 1. The highest BCUT2D eigenvalue weighted by molar-refractivity contribution is 9.10. The summed E-state index contributed by atoms with van der Waals surface area (Å²) in [4.78, 5) is 53.9. The average molecular weight is 604 g/mol. The summed E-state index contributed by atoms with van der Waals surface area (Å²) in [5.41, 5.74) is 2.02. The van der Waals surface area contributed by atoms with Crippen molar-refractivity contribution in [2.24, 2.45) is 5.41 Å². The molecule has 0 bridgehead atoms. The van der Waals surface area contributed by atoms with Crippen LogP contribution >= 0.6 is 15.9 Å². The van der Waals surface area contributed by atoms with Crippen LogP contribution in [-0.4, -0.2) is 71.0 Å². The number of amides is 2. The van der Waals surface area contributed by atoms with Gasteiger partial charge in [-0.2, -0.15) is 5.10 Å². The molecule has 2 fully saturated rings. The molecule has 4 heterocycles. The van der Waals surface area contributed by atoms with Crippen LogP contribution in [0.4, 0.5) is 5.82 Å². The standard InChI is InChI=1S/C28H26BrN7O4/c1-15(38)26-19-8-17(18-11-30-16(2)31-12-18)6-7-20(19)35(34-26)13-25(39)36-21(9-28(14-37)10-22(28)36)27(40)33-24-5-3-4-23(29)32-24/h3-8,11-12,21-22,37H,9-10,13-14H2,1-2H3,(H,32,33,40)/t21-,22-,28+/m0/s1. The molecule has 1 aliphatic carbocycles. The Kier molecular flexibility index (Phi) is 6.46. The first-order chi connectivity index (χ1) is 19.2. The van der Waals surface area contributed by atoms with Gasteiger partial charge < -0.3 is 15.3 Å². The number of hydrogen-bond donors (Lipinski definition) is 2. The number of halogens is 1. The number of hydrogen-bond acceptors (Lipinski definition) is 8. The van der Waals surface area contributed by atoms with Gasteiger partial charge in [0.25, 0.3) is 0 Å². The number of nitrogens with zero attached hydrogens (tertiary/aromatic N) is 6. The Morgan fingerprint density at radius 3 is 2.60 bits per heavy atom. The number of fused-ring (bicyclic) bond motifs is 2. The number of nitrogens with one attached hydrogen (secondary N) is 1. The Bertz CT molecular complexity index is 1670. The van der Waals surface area contributed by atoms with Crippen LogP contribution in [0.5, 0.6) is 0 Å². The minimum atomic E-state index is -0.763. The van der Waals surface area contributed by atoms with Crippen LogP contribution in [0.1, 0.15) is 36.1 Å². The fraction of sp³-hybridized carbons (Fsp3) is 0.321. The molecule has 3 aromatic heterocycles. The van der Waals surface area contributed by atoms with E-state index < -0.39 is 11.5 Å². The molecular weight excluding hydrogens is 578 g/mol. The van der Waals surface area contributed by atoms with E-state index in [1.54, 1.807) is 42.4 Å². The molecule has 0 radical (unpaired) electrons. The first-order valence-electron chi connectivity index (χ1n) is 12.8. The van der Waals surface area contributed by atoms with Crippen LogP contribution in [0.2, 0.25) is 0 Å². The van der Waals surface area contributed by atoms with Crippen LogP contribution in [0.15, 0.2) is 53.4 Å². The van der Waals surface area contributed by atoms with E-state index in [-0.39, 0.29) is 42.5 Å². The van der Waals surface area contributed by atoms with E-state index in [2.05, 4.69) is 41.3 Å². The maximum Gasteiger partial charge on any atom is 0.248 e. The zero-order valence-corrected chi connectivity index (χ0v) is 23.4. The molecule has 0 spiro atoms. The number of aliphatic hydroxyl groups excluding tert-OH is 1. The molecule has 2 aliphatic rings. The van der Waals surface area contributed by atoms with Crippen molar-refractivity contribution in [2.45, 2.75) is 45.3 Å². The number of aliphatic hydroxyl groups is 1. The molecule has 2 amide bonds. The smallest absolute Gasteiger partial charge is 0.248 e. The summed E-state index contributed by atoms with van der Waals surface area (Å²) in [6, 6.07) is 9.71. The molecule has 2 N–H and O–H groups in total. The molecule has 204 valence electrons. The van der Waals surface area contributed by atoms with Crippen molar-refractivity contribution in [1.29, 1.82) is 0 Å². The Balaban J connectivity index is 1.30. The highest BCUT2D eigenvalue weighted by atomic mass is 79.9. The van der Waals surface area contributed by atoms with Crippen LogP contribution in [0.25, 0.3) is 22.0 Å². The van der Waals surface area contributed by atoms with Crippen molar-refractivity contribution in [1.82, 2.24) is 29.6 Å². The molecular formula is C28H26BrN7O4. The summed E-state index contributed by atoms with van der Waals surface area (Å²) in [6.45, 7) is 2.98. The predicted octanol–water partition coefficient (Wildman–Crippen LogP) is 3.15. The average Bonchev–Trinajstić information content (AvgIpc) is 3.36. The molecule has 1 saturated carbocycles. The number of benzene rings is 1. The Morgan fingerprint density at radius 2 is 1.90 bits per heavy atom. The minimum absolute atomic E-state index is 0.106. The molecule has 4 aromatic rings. The molecule has 0 unspecified atom stereocenters. The lowest BCUT2D eigenvalue weighted by Crippen LogP contribution is -2.46. The topological polar surface area (TPSA) is 143 Å². The van der Waals surface area contributed by atoms with Crippen LogP contribution in [0.3, 0.4) is 0 Å². The second-order valence-corrected chi connectivity index (χ2v) is 11.2. The molecule has 3 atom stereocenters. The van der Waals surface area contributed by atoms with Crippen molar-refractivity contribution in [2.75, 3.05) is 11.9 Å². The number of carbonyl (C=O) groups is 3. The molecule has 11 nitrogen and oxygen atoms in total. The lowest BCUT2D eigenvalue weighted by molar-refractivity contribution is -0.138. The molecule has 6 rings (SSSR count). The first-order valence-corrected chi connectivity index (χ1v) is 13.6. The van der Waals surface area contributed by atoms with Gasteiger partial charge in [-0.25, -0.2) is 15.0 Å². The number of rotatable bonds is 7. The van der Waals surface area contributed by atoms with Crippen molar-refractivity contribution in [3.05, 3.63) is 64.9 Å². The Labute approximate surface area is 237 Å². The van der Waals surface area contributed by atoms with Crippen LogP contribution in [-0.2, 0) is 16.1 Å². The van der Waals surface area contributed by atoms with Gasteiger partial charge in [0.05, 0.1) is 12.1 Å². The fourth-order valence-corrected chi connectivity index (χ4v) is 5.96. The van der Waals surface area contributed by atoms with Crippen molar-refractivity contribution >= 4 is 50.2 Å². The number of carbonyl (C=O) groups excluding carboxylic acids is 3. The third-order valence-corrected chi connectivity index (χ3v) is 8.21. The monoisotopic (exact) mass is 603 g/mol. The summed E-state index contributed by atoms with van der Waals surface area (Å²) < 4.78 is 2.08. The largest absolute Gasteiger partial charge is 0.396 e. The van der Waals surface area contributed by atoms with E-state index in [1.165, 1.54) is 11.6 Å². The highest BCUT2D eigenvalue weighted by Gasteiger charge is 2.66. The lowest BCUT2D eigenvalue weighted by Gasteiger charge is -2.26. The molecule has 12 heteroatoms. The van der Waals surface area contributed by atoms with Gasteiger partial charge in [-0.1, -0.05) is 12.1 Å². The normalized spacial score (nSPS) is 21.4. The zero-order valence-electron chi connectivity index (χ0n) is 21.8. The Hall–Kier alpha value is -4.03. The van der Waals surface area contributed by atoms with E-state index >= 15 is 0 Å². The van der Waals surface area contributed by atoms with Gasteiger partial charge in [-0.15, -0.1) is 0 Å². The Morgan fingerprint density at radius 1 is 1.12 bits per heavy atom. The van der Waals surface area contributed by atoms with Gasteiger partial charge in [-0.05, 0) is 65.5 Å². The quantitative estimate of drug-likeness (QED) is 0.242. The third-order valence-electron chi connectivity index (χ3n) is 7.77. The third kappa shape index (κ3) is 4.56. The predicted molar refractivity (Wildman–Crippen MR) is 149 cm³/mol. The van der Waals surface area contributed by atoms with Crippen LogP contribution in [0, 0.1) is 12.3 Å². The molecule has 1 aromatic carbocycles. The number of likely N-dealkylation sites (tertiary alicyclic amines) is 1. The number of piperidine rings is 1. The summed E-state index contributed by atoms with van der Waals surface area (Å²) in [6.07, 6.45) is 4.43. The first kappa shape index (κ1) is 26.2. The fourth-order valence-electron chi connectivity index (χ4n) is 5.62. The van der Waals surface area contributed by atoms with Gasteiger partial charge >= 0.3 is 0 Å². The van der Waals surface area contributed by atoms with E-state index in [1.807, 2.05) is 18.2 Å². The van der Waals surface area contributed by atoms with Crippen LogP contribution < -0.4 is 5.32 Å². The lowest BCUT2D eigenvalue weighted by atomic mass is 10.0. The number of aromatic nitrogens is 5. The maximum absolute atomic E-state index is 13.8. The summed E-state index contributed by atoms with van der Waals surface area (Å²) in [7, 11) is 0. The SMILES string of the molecule is CC(=O)c1nn(CC(=O)N2[C@H]3C[C@@]3(CO)C[C@H]2C(=O)Nc2cccc(Br)n2)c2ccc(-c3cnc(C)nc3)cc12. The minimum Gasteiger partial charge on any atom is -0.396 e. The highest BCUT2D eigenvalue weighted by Crippen LogP contribution is 2.59. The number of aryl methyl sites for hydroxylation is 1. The van der Waals surface area contributed by atoms with Gasteiger partial charge in [0.2, 0.25) is 11.8 Å². The number of Topliss-reactive ketones (excluding diaryl/α,β-unsaturated/α-hetero) is 1. The molecule has 1 saturated heterocycles. The zero-order chi connectivity index (χ0) is 28.2. The second kappa shape index (κ2) is 9.86. The van der Waals surface area contributed by atoms with Crippen molar-refractivity contribution < 1.29 is 19.5 Å². The van der Waals surface area contributed by atoms with Gasteiger partial charge in [0, 0.05) is 41.7 Å². The van der Waals surface area contributed by atoms with Crippen molar-refractivity contribution in [3.63, 3.8) is 0 Å². The van der Waals surface area contributed by atoms with E-state index in [0.29, 0.717) is 40.0 Å². The van der Waals surface area contributed by atoms with E-state index in [0.717, 1.165) is 11.1 Å². The number of ketones is 1. The maximum atomic E-state index is 13.8.